The number of carbonyl (C=O) groups is 3. The number of amides is 1. The Morgan fingerprint density at radius 3 is 2.27 bits per heavy atom. The molecular weight excluding hydrogens is 384 g/mol. The number of anilines is 2. The number of carboxylic acids is 2. The van der Waals surface area contributed by atoms with Gasteiger partial charge in [0, 0.05) is 18.4 Å². The maximum absolute atomic E-state index is 13.0. The quantitative estimate of drug-likeness (QED) is 0.658. The topological polar surface area (TPSA) is 121 Å². The third kappa shape index (κ3) is 3.78. The van der Waals surface area contributed by atoms with Crippen LogP contribution in [0.5, 0.6) is 0 Å². The molecule has 4 rings (SSSR count). The molecule has 0 heterocycles. The van der Waals surface area contributed by atoms with Crippen LogP contribution in [0.3, 0.4) is 0 Å². The zero-order valence-corrected chi connectivity index (χ0v) is 16.0. The van der Waals surface area contributed by atoms with Crippen molar-refractivity contribution in [2.75, 3.05) is 10.6 Å². The van der Waals surface area contributed by atoms with E-state index in [0.717, 1.165) is 5.56 Å². The Labute approximate surface area is 173 Å². The molecule has 2 aromatic carbocycles. The SMILES string of the molecule is O=C([O-])c1ccc(NCc2ccccc2)c(NC(=O)[C@H]2[C@H](C(=O)[O-])[C@@H]3C=C[C@H]2C3)c1. The molecule has 2 aliphatic carbocycles. The average Bonchev–Trinajstić information content (AvgIpc) is 3.35. The summed E-state index contributed by atoms with van der Waals surface area (Å²) in [5.41, 5.74) is 1.72. The van der Waals surface area contributed by atoms with Gasteiger partial charge in [-0.15, -0.1) is 0 Å². The molecule has 4 atom stereocenters. The standard InChI is InChI=1S/C23H22N2O5/c26-21(19-14-6-7-15(10-14)20(19)23(29)30)25-18-11-16(22(27)28)8-9-17(18)24-12-13-4-2-1-3-5-13/h1-9,11,14-15,19-20,24H,10,12H2,(H,25,26)(H,27,28)(H,29,30)/p-2/t14-,15+,19+,20+/m0/s1. The molecule has 7 nitrogen and oxygen atoms in total. The Morgan fingerprint density at radius 2 is 1.60 bits per heavy atom. The van der Waals surface area contributed by atoms with E-state index in [1.54, 1.807) is 6.07 Å². The summed E-state index contributed by atoms with van der Waals surface area (Å²) < 4.78 is 0. The molecule has 2 aliphatic rings. The summed E-state index contributed by atoms with van der Waals surface area (Å²) in [4.78, 5) is 35.9. The van der Waals surface area contributed by atoms with E-state index in [1.807, 2.05) is 42.5 Å². The average molecular weight is 404 g/mol. The Balaban J connectivity index is 1.57. The predicted molar refractivity (Wildman–Crippen MR) is 106 cm³/mol. The molecule has 0 unspecified atom stereocenters. The highest BCUT2D eigenvalue weighted by molar-refractivity contribution is 6.00. The van der Waals surface area contributed by atoms with Gasteiger partial charge in [0.25, 0.3) is 0 Å². The van der Waals surface area contributed by atoms with Crippen molar-refractivity contribution in [1.29, 1.82) is 0 Å². The molecule has 1 saturated carbocycles. The lowest BCUT2D eigenvalue weighted by Crippen LogP contribution is -2.43. The van der Waals surface area contributed by atoms with E-state index in [9.17, 15) is 24.6 Å². The van der Waals surface area contributed by atoms with Gasteiger partial charge in [0.2, 0.25) is 5.91 Å². The summed E-state index contributed by atoms with van der Waals surface area (Å²) in [5.74, 6) is -5.07. The summed E-state index contributed by atoms with van der Waals surface area (Å²) in [6.07, 6.45) is 4.31. The largest absolute Gasteiger partial charge is 0.550 e. The van der Waals surface area contributed by atoms with E-state index in [-0.39, 0.29) is 23.1 Å². The van der Waals surface area contributed by atoms with Crippen LogP contribution in [0.4, 0.5) is 11.4 Å². The number of allylic oxidation sites excluding steroid dienone is 2. The van der Waals surface area contributed by atoms with Gasteiger partial charge in [-0.2, -0.15) is 0 Å². The summed E-state index contributed by atoms with van der Waals surface area (Å²) >= 11 is 0. The van der Waals surface area contributed by atoms with Gasteiger partial charge in [0.15, 0.2) is 0 Å². The highest BCUT2D eigenvalue weighted by Gasteiger charge is 2.48. The second-order valence-electron chi connectivity index (χ2n) is 7.70. The molecule has 1 fully saturated rings. The Bertz CT molecular complexity index is 1020. The number of benzene rings is 2. The van der Waals surface area contributed by atoms with Crippen LogP contribution in [-0.4, -0.2) is 17.8 Å². The number of hydrogen-bond donors (Lipinski definition) is 2. The van der Waals surface area contributed by atoms with Crippen LogP contribution < -0.4 is 20.8 Å². The first-order chi connectivity index (χ1) is 14.4. The highest BCUT2D eigenvalue weighted by atomic mass is 16.4. The maximum Gasteiger partial charge on any atom is 0.228 e. The van der Waals surface area contributed by atoms with Gasteiger partial charge in [-0.05, 0) is 41.5 Å². The van der Waals surface area contributed by atoms with E-state index >= 15 is 0 Å². The molecule has 154 valence electrons. The molecule has 2 aromatic rings. The van der Waals surface area contributed by atoms with E-state index in [2.05, 4.69) is 10.6 Å². The maximum atomic E-state index is 13.0. The third-order valence-corrected chi connectivity index (χ3v) is 5.87. The lowest BCUT2D eigenvalue weighted by atomic mass is 9.82. The van der Waals surface area contributed by atoms with Gasteiger partial charge < -0.3 is 30.4 Å². The zero-order valence-electron chi connectivity index (χ0n) is 16.0. The molecule has 30 heavy (non-hydrogen) atoms. The number of aromatic carboxylic acids is 1. The van der Waals surface area contributed by atoms with E-state index in [1.165, 1.54) is 12.1 Å². The van der Waals surface area contributed by atoms with Crippen LogP contribution in [0.15, 0.2) is 60.7 Å². The minimum Gasteiger partial charge on any atom is -0.550 e. The molecule has 0 radical (unpaired) electrons. The summed E-state index contributed by atoms with van der Waals surface area (Å²) in [6, 6.07) is 13.9. The van der Waals surface area contributed by atoms with Gasteiger partial charge >= 0.3 is 0 Å². The summed E-state index contributed by atoms with van der Waals surface area (Å²) in [6.45, 7) is 0.465. The first kappa shape index (κ1) is 19.7. The van der Waals surface area contributed by atoms with Gasteiger partial charge in [0.1, 0.15) is 0 Å². The van der Waals surface area contributed by atoms with Gasteiger partial charge in [0.05, 0.1) is 23.3 Å². The molecule has 0 saturated heterocycles. The summed E-state index contributed by atoms with van der Waals surface area (Å²) in [5, 5.41) is 28.8. The first-order valence-electron chi connectivity index (χ1n) is 9.77. The van der Waals surface area contributed by atoms with Crippen molar-refractivity contribution in [1.82, 2.24) is 0 Å². The molecule has 2 N–H and O–H groups in total. The number of aliphatic carboxylic acids is 1. The molecule has 0 aromatic heterocycles. The van der Waals surface area contributed by atoms with Crippen LogP contribution in [0.1, 0.15) is 22.3 Å². The fraction of sp³-hybridized carbons (Fsp3) is 0.261. The Kier molecular flexibility index (Phi) is 5.27. The molecular formula is C23H20N2O5-2. The van der Waals surface area contributed by atoms with E-state index in [0.29, 0.717) is 18.7 Å². The van der Waals surface area contributed by atoms with Crippen molar-refractivity contribution in [3.8, 4) is 0 Å². The number of carboxylic acid groups (broad SMARTS) is 2. The highest BCUT2D eigenvalue weighted by Crippen LogP contribution is 2.48. The minimum atomic E-state index is -1.37. The van der Waals surface area contributed by atoms with Crippen LogP contribution >= 0.6 is 0 Å². The lowest BCUT2D eigenvalue weighted by molar-refractivity contribution is -0.313. The smallest absolute Gasteiger partial charge is 0.228 e. The number of fused-ring (bicyclic) bond motifs is 2. The van der Waals surface area contributed by atoms with Crippen LogP contribution in [-0.2, 0) is 16.1 Å². The van der Waals surface area contributed by atoms with Crippen molar-refractivity contribution in [3.05, 3.63) is 71.8 Å². The number of nitrogens with one attached hydrogen (secondary N) is 2. The number of carbonyl (C=O) groups excluding carboxylic acids is 3. The molecule has 7 heteroatoms. The second kappa shape index (κ2) is 8.02. The first-order valence-corrected chi connectivity index (χ1v) is 9.77. The Morgan fingerprint density at radius 1 is 0.900 bits per heavy atom. The van der Waals surface area contributed by atoms with Gasteiger partial charge in [-0.25, -0.2) is 0 Å². The van der Waals surface area contributed by atoms with Crippen molar-refractivity contribution in [2.24, 2.45) is 23.7 Å². The van der Waals surface area contributed by atoms with Crippen molar-refractivity contribution in [3.63, 3.8) is 0 Å². The second-order valence-corrected chi connectivity index (χ2v) is 7.70. The minimum absolute atomic E-state index is 0.0835. The predicted octanol–water partition coefficient (Wildman–Crippen LogP) is 0.789. The fourth-order valence-electron chi connectivity index (χ4n) is 4.44. The number of rotatable bonds is 7. The van der Waals surface area contributed by atoms with E-state index < -0.39 is 29.7 Å². The lowest BCUT2D eigenvalue weighted by Gasteiger charge is -2.28. The molecule has 1 amide bonds. The van der Waals surface area contributed by atoms with Crippen LogP contribution in [0.25, 0.3) is 0 Å². The van der Waals surface area contributed by atoms with E-state index in [4.69, 9.17) is 0 Å². The fourth-order valence-corrected chi connectivity index (χ4v) is 4.44. The van der Waals surface area contributed by atoms with Gasteiger partial charge in [-0.1, -0.05) is 48.6 Å². The zero-order chi connectivity index (χ0) is 21.3. The molecule has 0 aliphatic heterocycles. The van der Waals surface area contributed by atoms with Crippen molar-refractivity contribution >= 4 is 29.2 Å². The molecule has 0 spiro atoms. The monoisotopic (exact) mass is 404 g/mol. The van der Waals surface area contributed by atoms with Crippen LogP contribution in [0, 0.1) is 23.7 Å². The Hall–Kier alpha value is -3.61. The summed E-state index contributed by atoms with van der Waals surface area (Å²) in [7, 11) is 0. The number of hydrogen-bond acceptors (Lipinski definition) is 6. The van der Waals surface area contributed by atoms with Crippen molar-refractivity contribution in [2.45, 2.75) is 13.0 Å². The van der Waals surface area contributed by atoms with Crippen LogP contribution in [0.2, 0.25) is 0 Å². The third-order valence-electron chi connectivity index (χ3n) is 5.87. The van der Waals surface area contributed by atoms with Crippen molar-refractivity contribution < 1.29 is 24.6 Å². The normalized spacial score (nSPS) is 23.9. The molecule has 2 bridgehead atoms. The van der Waals surface area contributed by atoms with Gasteiger partial charge in [-0.3, -0.25) is 4.79 Å².